The molecule has 1 aliphatic rings. The van der Waals surface area contributed by atoms with Gasteiger partial charge in [0.2, 0.25) is 5.13 Å². The van der Waals surface area contributed by atoms with Crippen LogP contribution < -0.4 is 10.6 Å². The van der Waals surface area contributed by atoms with Crippen molar-refractivity contribution < 1.29 is 4.79 Å². The van der Waals surface area contributed by atoms with Crippen LogP contribution in [-0.2, 0) is 7.05 Å². The number of nitrogens with zero attached hydrogens (tertiary/aromatic N) is 4. The summed E-state index contributed by atoms with van der Waals surface area (Å²) in [5.41, 5.74) is 4.79. The van der Waals surface area contributed by atoms with E-state index >= 15 is 0 Å². The van der Waals surface area contributed by atoms with Gasteiger partial charge in [-0.3, -0.25) is 14.8 Å². The number of amides is 1. The summed E-state index contributed by atoms with van der Waals surface area (Å²) in [5, 5.41) is 20.4. The van der Waals surface area contributed by atoms with Crippen molar-refractivity contribution in [3.8, 4) is 10.6 Å². The normalized spacial score (nSPS) is 16.6. The Kier molecular flexibility index (Phi) is 4.75. The van der Waals surface area contributed by atoms with E-state index < -0.39 is 0 Å². The molecule has 2 N–H and O–H groups in total. The van der Waals surface area contributed by atoms with Crippen LogP contribution in [0.2, 0.25) is 0 Å². The predicted octanol–water partition coefficient (Wildman–Crippen LogP) is 3.23. The van der Waals surface area contributed by atoms with Crippen LogP contribution in [0.5, 0.6) is 0 Å². The Morgan fingerprint density at radius 2 is 2.00 bits per heavy atom. The van der Waals surface area contributed by atoms with Gasteiger partial charge >= 0.3 is 0 Å². The summed E-state index contributed by atoms with van der Waals surface area (Å²) in [6, 6.07) is 8.34. The highest BCUT2D eigenvalue weighted by molar-refractivity contribution is 7.18. The Labute approximate surface area is 161 Å². The van der Waals surface area contributed by atoms with Gasteiger partial charge in [0, 0.05) is 12.6 Å². The number of carbonyl (C=O) groups excluding carboxylic acids is 1. The molecule has 0 radical (unpaired) electrons. The maximum atomic E-state index is 12.7. The quantitative estimate of drug-likeness (QED) is 0.724. The van der Waals surface area contributed by atoms with Gasteiger partial charge in [0.15, 0.2) is 0 Å². The molecule has 1 aliphatic heterocycles. The molecule has 27 heavy (non-hydrogen) atoms. The Bertz CT molecular complexity index is 966. The molecule has 1 aromatic carbocycles. The first-order valence-corrected chi connectivity index (χ1v) is 9.82. The minimum absolute atomic E-state index is 0.225. The van der Waals surface area contributed by atoms with E-state index in [4.69, 9.17) is 0 Å². The number of rotatable bonds is 4. The molecule has 0 bridgehead atoms. The predicted molar refractivity (Wildman–Crippen MR) is 106 cm³/mol. The second-order valence-corrected chi connectivity index (χ2v) is 7.95. The lowest BCUT2D eigenvalue weighted by molar-refractivity contribution is 0.101. The molecule has 2 aromatic heterocycles. The van der Waals surface area contributed by atoms with E-state index in [2.05, 4.69) is 58.0 Å². The number of aromatic nitrogens is 4. The molecule has 140 valence electrons. The molecule has 7 nitrogen and oxygen atoms in total. The van der Waals surface area contributed by atoms with Crippen LogP contribution >= 0.6 is 11.3 Å². The van der Waals surface area contributed by atoms with Crippen molar-refractivity contribution in [1.82, 2.24) is 25.3 Å². The first kappa shape index (κ1) is 17.8. The second kappa shape index (κ2) is 7.21. The third-order valence-electron chi connectivity index (χ3n) is 4.66. The zero-order chi connectivity index (χ0) is 19.0. The molecule has 0 saturated carbocycles. The zero-order valence-electron chi connectivity index (χ0n) is 15.6. The number of benzene rings is 1. The van der Waals surface area contributed by atoms with Gasteiger partial charge in [-0.15, -0.1) is 10.2 Å². The van der Waals surface area contributed by atoms with E-state index in [-0.39, 0.29) is 11.9 Å². The summed E-state index contributed by atoms with van der Waals surface area (Å²) in [4.78, 5) is 12.7. The van der Waals surface area contributed by atoms with Crippen molar-refractivity contribution in [3.63, 3.8) is 0 Å². The van der Waals surface area contributed by atoms with Crippen LogP contribution in [0.4, 0.5) is 5.13 Å². The lowest BCUT2D eigenvalue weighted by atomic mass is 10.1. The molecule has 3 aromatic rings. The van der Waals surface area contributed by atoms with Crippen LogP contribution in [0.3, 0.4) is 0 Å². The van der Waals surface area contributed by atoms with Crippen molar-refractivity contribution in [3.05, 3.63) is 46.8 Å². The Balaban J connectivity index is 1.51. The average molecular weight is 382 g/mol. The molecule has 4 rings (SSSR count). The third kappa shape index (κ3) is 3.77. The molecule has 1 amide bonds. The minimum atomic E-state index is -0.225. The van der Waals surface area contributed by atoms with Gasteiger partial charge in [-0.1, -0.05) is 28.5 Å². The van der Waals surface area contributed by atoms with E-state index in [9.17, 15) is 4.79 Å². The molecule has 0 spiro atoms. The van der Waals surface area contributed by atoms with Crippen LogP contribution in [0.1, 0.15) is 46.2 Å². The summed E-state index contributed by atoms with van der Waals surface area (Å²) in [6.07, 6.45) is 2.18. The molecular formula is C19H22N6OS. The third-order valence-corrected chi connectivity index (χ3v) is 5.55. The molecule has 1 unspecified atom stereocenters. The summed E-state index contributed by atoms with van der Waals surface area (Å²) in [7, 11) is 1.79. The zero-order valence-corrected chi connectivity index (χ0v) is 16.4. The van der Waals surface area contributed by atoms with Crippen LogP contribution in [0.15, 0.2) is 24.3 Å². The van der Waals surface area contributed by atoms with Crippen LogP contribution in [0, 0.1) is 13.8 Å². The number of anilines is 1. The molecule has 1 saturated heterocycles. The van der Waals surface area contributed by atoms with Crippen molar-refractivity contribution in [2.75, 3.05) is 11.9 Å². The SMILES string of the molecule is Cc1cc(C)cc(-c2nnc(NC(=O)c3cc(C4CCCN4)nn3C)s2)c1. The van der Waals surface area contributed by atoms with Gasteiger partial charge in [-0.25, -0.2) is 0 Å². The summed E-state index contributed by atoms with van der Waals surface area (Å²) in [6.45, 7) is 5.10. The van der Waals surface area contributed by atoms with Gasteiger partial charge in [-0.2, -0.15) is 5.10 Å². The van der Waals surface area contributed by atoms with Gasteiger partial charge in [-0.05, 0) is 51.4 Å². The largest absolute Gasteiger partial charge is 0.309 e. The molecule has 3 heterocycles. The standard InChI is InChI=1S/C19H22N6OS/c1-11-7-12(2)9-13(8-11)18-22-23-19(27-18)21-17(26)16-10-15(24-25(16)3)14-5-4-6-20-14/h7-10,14,20H,4-6H2,1-3H3,(H,21,23,26). The van der Waals surface area contributed by atoms with E-state index in [0.29, 0.717) is 10.8 Å². The first-order valence-electron chi connectivity index (χ1n) is 9.00. The number of hydrogen-bond donors (Lipinski definition) is 2. The maximum Gasteiger partial charge on any atom is 0.275 e. The first-order chi connectivity index (χ1) is 13.0. The fraction of sp³-hybridized carbons (Fsp3) is 0.368. The smallest absolute Gasteiger partial charge is 0.275 e. The Morgan fingerprint density at radius 1 is 1.22 bits per heavy atom. The summed E-state index contributed by atoms with van der Waals surface area (Å²) in [5.74, 6) is -0.225. The Morgan fingerprint density at radius 3 is 2.70 bits per heavy atom. The lowest BCUT2D eigenvalue weighted by Gasteiger charge is -2.04. The van der Waals surface area contributed by atoms with Gasteiger partial charge in [0.05, 0.1) is 11.7 Å². The van der Waals surface area contributed by atoms with Gasteiger partial charge in [0.1, 0.15) is 10.7 Å². The highest BCUT2D eigenvalue weighted by atomic mass is 32.1. The van der Waals surface area contributed by atoms with E-state index in [1.54, 1.807) is 11.7 Å². The van der Waals surface area contributed by atoms with Gasteiger partial charge in [0.25, 0.3) is 5.91 Å². The second-order valence-electron chi connectivity index (χ2n) is 6.97. The van der Waals surface area contributed by atoms with E-state index in [1.165, 1.54) is 22.5 Å². The highest BCUT2D eigenvalue weighted by Gasteiger charge is 2.22. The van der Waals surface area contributed by atoms with Crippen molar-refractivity contribution in [1.29, 1.82) is 0 Å². The van der Waals surface area contributed by atoms with Crippen LogP contribution in [0.25, 0.3) is 10.6 Å². The number of carbonyl (C=O) groups is 1. The highest BCUT2D eigenvalue weighted by Crippen LogP contribution is 2.28. The number of hydrogen-bond acceptors (Lipinski definition) is 6. The Hall–Kier alpha value is -2.58. The van der Waals surface area contributed by atoms with E-state index in [0.717, 1.165) is 35.7 Å². The average Bonchev–Trinajstić information content (AvgIpc) is 3.33. The summed E-state index contributed by atoms with van der Waals surface area (Å²) >= 11 is 1.37. The topological polar surface area (TPSA) is 84.7 Å². The fourth-order valence-electron chi connectivity index (χ4n) is 3.46. The fourth-order valence-corrected chi connectivity index (χ4v) is 4.18. The number of aryl methyl sites for hydroxylation is 3. The van der Waals surface area contributed by atoms with Crippen molar-refractivity contribution >= 4 is 22.4 Å². The molecule has 8 heteroatoms. The van der Waals surface area contributed by atoms with Crippen molar-refractivity contribution in [2.45, 2.75) is 32.7 Å². The van der Waals surface area contributed by atoms with Gasteiger partial charge < -0.3 is 5.32 Å². The monoisotopic (exact) mass is 382 g/mol. The number of nitrogens with one attached hydrogen (secondary N) is 2. The summed E-state index contributed by atoms with van der Waals surface area (Å²) < 4.78 is 1.62. The molecule has 1 fully saturated rings. The van der Waals surface area contributed by atoms with E-state index in [1.807, 2.05) is 6.07 Å². The van der Waals surface area contributed by atoms with Crippen molar-refractivity contribution in [2.24, 2.45) is 7.05 Å². The molecule has 0 aliphatic carbocycles. The minimum Gasteiger partial charge on any atom is -0.309 e. The molecular weight excluding hydrogens is 360 g/mol. The molecule has 1 atom stereocenters. The van der Waals surface area contributed by atoms with Crippen LogP contribution in [-0.4, -0.2) is 32.4 Å². The maximum absolute atomic E-state index is 12.7. The lowest BCUT2D eigenvalue weighted by Crippen LogP contribution is -2.15.